The van der Waals surface area contributed by atoms with Crippen LogP contribution >= 0.6 is 0 Å². The average molecular weight is 839 g/mol. The molecule has 0 spiro atoms. The first kappa shape index (κ1) is 49.8. The van der Waals surface area contributed by atoms with Crippen molar-refractivity contribution in [2.24, 2.45) is 5.41 Å². The third-order valence-corrected chi connectivity index (χ3v) is 14.4. The molecule has 0 heterocycles. The van der Waals surface area contributed by atoms with E-state index in [0.717, 1.165) is 71.0 Å². The van der Waals surface area contributed by atoms with Gasteiger partial charge in [0.15, 0.2) is 0 Å². The predicted molar refractivity (Wildman–Crippen MR) is 266 cm³/mol. The van der Waals surface area contributed by atoms with Crippen LogP contribution in [0.25, 0.3) is 0 Å². The molecule has 1 aliphatic rings. The van der Waals surface area contributed by atoms with E-state index < -0.39 is 16.2 Å². The van der Waals surface area contributed by atoms with Crippen LogP contribution in [0.4, 0.5) is 0 Å². The lowest BCUT2D eigenvalue weighted by molar-refractivity contribution is -0.0540. The lowest BCUT2D eigenvalue weighted by atomic mass is 9.35. The number of hydrogen-bond donors (Lipinski definition) is 0. The molecule has 0 N–H and O–H groups in total. The number of unbranched alkanes of at least 4 members (excludes halogenated alkanes) is 2. The Balaban J connectivity index is 2.25. The van der Waals surface area contributed by atoms with E-state index in [-0.39, 0.29) is 21.7 Å². The fourth-order valence-electron chi connectivity index (χ4n) is 11.6. The highest BCUT2D eigenvalue weighted by Crippen LogP contribution is 2.72. The Kier molecular flexibility index (Phi) is 15.7. The minimum Gasteiger partial charge on any atom is -0.381 e. The highest BCUT2D eigenvalue weighted by atomic mass is 16.5. The van der Waals surface area contributed by atoms with Gasteiger partial charge < -0.3 is 9.47 Å². The van der Waals surface area contributed by atoms with Gasteiger partial charge in [-0.25, -0.2) is 0 Å². The first-order valence-electron chi connectivity index (χ1n) is 24.4. The molecule has 62 heavy (non-hydrogen) atoms. The molecular weight excluding hydrogens is 753 g/mol. The highest BCUT2D eigenvalue weighted by molar-refractivity contribution is 5.64. The van der Waals surface area contributed by atoms with Crippen LogP contribution < -0.4 is 0 Å². The molecule has 4 aromatic rings. The van der Waals surface area contributed by atoms with Crippen LogP contribution in [0.1, 0.15) is 210 Å². The molecule has 0 aliphatic heterocycles. The highest BCUT2D eigenvalue weighted by Gasteiger charge is 2.68. The van der Waals surface area contributed by atoms with Gasteiger partial charge in [-0.3, -0.25) is 0 Å². The lowest BCUT2D eigenvalue weighted by Crippen LogP contribution is -2.64. The Hall–Kier alpha value is -3.20. The first-order chi connectivity index (χ1) is 29.0. The van der Waals surface area contributed by atoms with E-state index in [2.05, 4.69) is 196 Å². The lowest BCUT2D eigenvalue weighted by Gasteiger charge is -2.67. The fraction of sp³-hybridized carbons (Fsp3) is 0.600. The van der Waals surface area contributed by atoms with Gasteiger partial charge in [0.1, 0.15) is 0 Å². The van der Waals surface area contributed by atoms with Gasteiger partial charge in [0.25, 0.3) is 0 Å². The molecule has 1 fully saturated rings. The smallest absolute Gasteiger partial charge is 0.0472 e. The average Bonchev–Trinajstić information content (AvgIpc) is 3.19. The summed E-state index contributed by atoms with van der Waals surface area (Å²) in [6, 6.07) is 36.2. The molecule has 4 aromatic carbocycles. The van der Waals surface area contributed by atoms with Crippen molar-refractivity contribution in [1.29, 1.82) is 0 Å². The van der Waals surface area contributed by atoms with E-state index in [9.17, 15) is 0 Å². The second kappa shape index (κ2) is 19.5. The van der Waals surface area contributed by atoms with Gasteiger partial charge in [0.05, 0.1) is 0 Å². The van der Waals surface area contributed by atoms with Gasteiger partial charge in [0, 0.05) is 42.7 Å². The molecule has 0 saturated heterocycles. The molecule has 0 amide bonds. The fourth-order valence-corrected chi connectivity index (χ4v) is 11.6. The second-order valence-corrected chi connectivity index (χ2v) is 23.2. The summed E-state index contributed by atoms with van der Waals surface area (Å²) in [5, 5.41) is 0. The maximum atomic E-state index is 6.94. The molecule has 1 aliphatic carbocycles. The van der Waals surface area contributed by atoms with E-state index in [0.29, 0.717) is 13.2 Å². The zero-order chi connectivity index (χ0) is 45.8. The number of aryl methyl sites for hydroxylation is 2. The summed E-state index contributed by atoms with van der Waals surface area (Å²) in [5.74, 6) is 0. The topological polar surface area (TPSA) is 18.5 Å². The summed E-state index contributed by atoms with van der Waals surface area (Å²) in [5.41, 5.74) is 12.1. The summed E-state index contributed by atoms with van der Waals surface area (Å²) in [7, 11) is 0. The summed E-state index contributed by atoms with van der Waals surface area (Å²) in [6.45, 7) is 41.6. The van der Waals surface area contributed by atoms with Gasteiger partial charge in [-0.2, -0.15) is 0 Å². The van der Waals surface area contributed by atoms with Gasteiger partial charge in [0.2, 0.25) is 0 Å². The van der Waals surface area contributed by atoms with Crippen LogP contribution in [-0.4, -0.2) is 26.4 Å². The summed E-state index contributed by atoms with van der Waals surface area (Å²) in [4.78, 5) is 0. The number of benzene rings is 4. The molecule has 0 atom stereocenters. The Bertz CT molecular complexity index is 1840. The zero-order valence-corrected chi connectivity index (χ0v) is 42.4. The Morgan fingerprint density at radius 2 is 0.855 bits per heavy atom. The summed E-state index contributed by atoms with van der Waals surface area (Å²) in [6.07, 6.45) is 9.12. The number of ether oxygens (including phenoxy) is 2. The number of hydrogen-bond acceptors (Lipinski definition) is 2. The van der Waals surface area contributed by atoms with Crippen LogP contribution in [0.5, 0.6) is 0 Å². The number of rotatable bonds is 16. The molecule has 2 radical (unpaired) electrons. The molecule has 0 bridgehead atoms. The minimum absolute atomic E-state index is 0.151. The van der Waals surface area contributed by atoms with Gasteiger partial charge in [-0.1, -0.05) is 200 Å². The van der Waals surface area contributed by atoms with Crippen molar-refractivity contribution in [2.45, 2.75) is 201 Å². The monoisotopic (exact) mass is 839 g/mol. The van der Waals surface area contributed by atoms with Crippen LogP contribution in [0.15, 0.2) is 72.8 Å². The second-order valence-electron chi connectivity index (χ2n) is 23.2. The van der Waals surface area contributed by atoms with Crippen molar-refractivity contribution in [3.8, 4) is 0 Å². The van der Waals surface area contributed by atoms with E-state index in [4.69, 9.17) is 9.47 Å². The third-order valence-electron chi connectivity index (χ3n) is 14.4. The molecule has 0 aromatic heterocycles. The van der Waals surface area contributed by atoms with Crippen molar-refractivity contribution in [2.75, 3.05) is 26.4 Å². The summed E-state index contributed by atoms with van der Waals surface area (Å²) >= 11 is 0. The molecular formula is C60H86O2. The van der Waals surface area contributed by atoms with E-state index in [1.807, 2.05) is 0 Å². The minimum atomic E-state index is -0.515. The van der Waals surface area contributed by atoms with Crippen molar-refractivity contribution < 1.29 is 9.47 Å². The standard InChI is InChI=1S/C60H86O2/c1-17-19-36-61-38-34-58(35-39-62-37-20-18-2)59(46-28-23-21-24-29-46,47-30-25-22-26-31-47)32-27-33-60(58,52-48(54(5,6)7)40-44(3)41-49(52)55(8,9)10)53-50(56(11,12)13)42-45(4)43-51(53)57(14,15)16/h21-26,28,30,40-43H,17-20,27,32-39H2,1-16H3. The van der Waals surface area contributed by atoms with Gasteiger partial charge in [-0.05, 0) is 131 Å². The maximum Gasteiger partial charge on any atom is 0.0472 e. The normalized spacial score (nSPS) is 16.7. The van der Waals surface area contributed by atoms with E-state index in [1.54, 1.807) is 11.1 Å². The largest absolute Gasteiger partial charge is 0.381 e. The molecule has 2 heteroatoms. The Morgan fingerprint density at radius 1 is 0.500 bits per heavy atom. The van der Waals surface area contributed by atoms with Crippen LogP contribution in [0.3, 0.4) is 0 Å². The maximum absolute atomic E-state index is 6.94. The predicted octanol–water partition coefficient (Wildman–Crippen LogP) is 16.0. The van der Waals surface area contributed by atoms with Crippen molar-refractivity contribution in [3.05, 3.63) is 141 Å². The molecule has 5 rings (SSSR count). The van der Waals surface area contributed by atoms with Crippen LogP contribution in [-0.2, 0) is 42.0 Å². The quantitative estimate of drug-likeness (QED) is 0.105. The molecule has 0 unspecified atom stereocenters. The van der Waals surface area contributed by atoms with E-state index in [1.165, 1.54) is 44.5 Å². The molecule has 338 valence electrons. The van der Waals surface area contributed by atoms with Crippen molar-refractivity contribution in [3.63, 3.8) is 0 Å². The van der Waals surface area contributed by atoms with Crippen LogP contribution in [0, 0.1) is 31.4 Å². The van der Waals surface area contributed by atoms with Crippen LogP contribution in [0.2, 0.25) is 0 Å². The zero-order valence-electron chi connectivity index (χ0n) is 42.4. The summed E-state index contributed by atoms with van der Waals surface area (Å²) < 4.78 is 13.9. The Labute approximate surface area is 381 Å². The van der Waals surface area contributed by atoms with Gasteiger partial charge >= 0.3 is 0 Å². The third kappa shape index (κ3) is 9.73. The van der Waals surface area contributed by atoms with E-state index >= 15 is 0 Å². The van der Waals surface area contributed by atoms with Crippen molar-refractivity contribution >= 4 is 0 Å². The Morgan fingerprint density at radius 3 is 1.16 bits per heavy atom. The SMILES string of the molecule is CCCCOCCC1(CCOCCCC)C(c2[c]cccc2)(c2[c]cccc2)CCCC1(c1c(C(C)(C)C)cc(C)cc1C(C)(C)C)c1c(C(C)(C)C)cc(C)cc1C(C)(C)C. The first-order valence-corrected chi connectivity index (χ1v) is 24.4. The van der Waals surface area contributed by atoms with Gasteiger partial charge in [-0.15, -0.1) is 0 Å². The van der Waals surface area contributed by atoms with Crippen molar-refractivity contribution in [1.82, 2.24) is 0 Å². The molecule has 1 saturated carbocycles. The molecule has 2 nitrogen and oxygen atoms in total.